The minimum atomic E-state index is -3.58. The van der Waals surface area contributed by atoms with Crippen molar-refractivity contribution in [1.29, 1.82) is 0 Å². The van der Waals surface area contributed by atoms with E-state index in [1.807, 2.05) is 0 Å². The number of aliphatic hydroxyl groups is 1. The van der Waals surface area contributed by atoms with Crippen molar-refractivity contribution in [1.82, 2.24) is 4.72 Å². The lowest BCUT2D eigenvalue weighted by Gasteiger charge is -2.11. The summed E-state index contributed by atoms with van der Waals surface area (Å²) in [5.41, 5.74) is 0. The average molecular weight is 273 g/mol. The molecule has 2 N–H and O–H groups in total. The van der Waals surface area contributed by atoms with Crippen LogP contribution in [0.5, 0.6) is 0 Å². The van der Waals surface area contributed by atoms with Gasteiger partial charge in [0.25, 0.3) is 0 Å². The van der Waals surface area contributed by atoms with Gasteiger partial charge in [0.15, 0.2) is 0 Å². The predicted molar refractivity (Wildman–Crippen MR) is 64.9 cm³/mol. The van der Waals surface area contributed by atoms with Crippen LogP contribution in [0.2, 0.25) is 0 Å². The van der Waals surface area contributed by atoms with Gasteiger partial charge in [0, 0.05) is 6.54 Å². The van der Waals surface area contributed by atoms with E-state index in [-0.39, 0.29) is 16.9 Å². The minimum Gasteiger partial charge on any atom is -0.393 e. The second-order valence-electron chi connectivity index (χ2n) is 4.64. The maximum Gasteiger partial charge on any atom is 0.240 e. The van der Waals surface area contributed by atoms with Crippen molar-refractivity contribution < 1.29 is 17.9 Å². The zero-order valence-electron chi connectivity index (χ0n) is 9.84. The smallest absolute Gasteiger partial charge is 0.240 e. The third-order valence-corrected chi connectivity index (χ3v) is 4.64. The molecule has 0 amide bonds. The van der Waals surface area contributed by atoms with Gasteiger partial charge in [0.1, 0.15) is 5.82 Å². The van der Waals surface area contributed by atoms with E-state index in [1.54, 1.807) is 0 Å². The highest BCUT2D eigenvalue weighted by atomic mass is 32.2. The molecule has 6 heteroatoms. The van der Waals surface area contributed by atoms with Crippen LogP contribution in [0, 0.1) is 11.7 Å². The molecule has 0 aliphatic heterocycles. The third-order valence-electron chi connectivity index (χ3n) is 3.20. The topological polar surface area (TPSA) is 66.4 Å². The van der Waals surface area contributed by atoms with Crippen molar-refractivity contribution in [3.8, 4) is 0 Å². The molecule has 2 rings (SSSR count). The molecule has 1 aliphatic rings. The summed E-state index contributed by atoms with van der Waals surface area (Å²) in [6.45, 7) is 0.316. The quantitative estimate of drug-likeness (QED) is 0.868. The summed E-state index contributed by atoms with van der Waals surface area (Å²) in [4.78, 5) is 0.0578. The number of benzene rings is 1. The van der Waals surface area contributed by atoms with E-state index in [0.717, 1.165) is 25.0 Å². The maximum atomic E-state index is 12.7. The van der Waals surface area contributed by atoms with E-state index in [1.165, 1.54) is 12.1 Å². The number of aliphatic hydroxyl groups excluding tert-OH is 1. The molecule has 0 spiro atoms. The number of sulfonamides is 1. The van der Waals surface area contributed by atoms with Crippen LogP contribution in [-0.2, 0) is 10.0 Å². The fourth-order valence-electron chi connectivity index (χ4n) is 2.16. The van der Waals surface area contributed by atoms with Crippen molar-refractivity contribution >= 4 is 10.0 Å². The van der Waals surface area contributed by atoms with Crippen molar-refractivity contribution in [2.75, 3.05) is 6.54 Å². The molecule has 0 heterocycles. The Labute approximate surface area is 106 Å². The van der Waals surface area contributed by atoms with Crippen LogP contribution in [0.25, 0.3) is 0 Å². The van der Waals surface area contributed by atoms with Gasteiger partial charge in [0.2, 0.25) is 10.0 Å². The molecular formula is C12H16FNO3S. The number of hydrogen-bond acceptors (Lipinski definition) is 3. The Morgan fingerprint density at radius 1 is 1.28 bits per heavy atom. The molecule has 0 bridgehead atoms. The molecule has 100 valence electrons. The highest BCUT2D eigenvalue weighted by Gasteiger charge is 2.24. The monoisotopic (exact) mass is 273 g/mol. The first-order valence-corrected chi connectivity index (χ1v) is 7.39. The van der Waals surface area contributed by atoms with E-state index >= 15 is 0 Å². The molecule has 1 aromatic rings. The van der Waals surface area contributed by atoms with E-state index in [9.17, 15) is 17.9 Å². The lowest BCUT2D eigenvalue weighted by atomic mass is 10.1. The highest BCUT2D eigenvalue weighted by Crippen LogP contribution is 2.25. The van der Waals surface area contributed by atoms with Crippen molar-refractivity contribution in [2.24, 2.45) is 5.92 Å². The summed E-state index contributed by atoms with van der Waals surface area (Å²) in [7, 11) is -3.58. The standard InChI is InChI=1S/C12H16FNO3S/c13-10-2-5-12(6-3-10)18(16,17)14-8-9-1-4-11(15)7-9/h2-3,5-6,9,11,14-15H,1,4,7-8H2. The van der Waals surface area contributed by atoms with Crippen molar-refractivity contribution in [3.63, 3.8) is 0 Å². The fraction of sp³-hybridized carbons (Fsp3) is 0.500. The third kappa shape index (κ3) is 3.28. The molecule has 0 saturated heterocycles. The number of nitrogens with one attached hydrogen (secondary N) is 1. The van der Waals surface area contributed by atoms with E-state index in [4.69, 9.17) is 0 Å². The SMILES string of the molecule is O=S(=O)(NCC1CCC(O)C1)c1ccc(F)cc1. The van der Waals surface area contributed by atoms with Crippen LogP contribution in [0.3, 0.4) is 0 Å². The summed E-state index contributed by atoms with van der Waals surface area (Å²) < 4.78 is 39.0. The first-order chi connectivity index (χ1) is 8.47. The molecule has 1 aromatic carbocycles. The molecule has 4 nitrogen and oxygen atoms in total. The Balaban J connectivity index is 1.97. The van der Waals surface area contributed by atoms with Gasteiger partial charge in [-0.1, -0.05) is 0 Å². The predicted octanol–water partition coefficient (Wildman–Crippen LogP) is 1.26. The molecule has 0 radical (unpaired) electrons. The molecule has 2 unspecified atom stereocenters. The van der Waals surface area contributed by atoms with Crippen LogP contribution >= 0.6 is 0 Å². The van der Waals surface area contributed by atoms with Crippen LogP contribution in [-0.4, -0.2) is 26.2 Å². The van der Waals surface area contributed by atoms with Crippen LogP contribution < -0.4 is 4.72 Å². The molecule has 18 heavy (non-hydrogen) atoms. The van der Waals surface area contributed by atoms with Gasteiger partial charge in [-0.05, 0) is 49.4 Å². The zero-order valence-corrected chi connectivity index (χ0v) is 10.7. The second-order valence-corrected chi connectivity index (χ2v) is 6.41. The van der Waals surface area contributed by atoms with Crippen molar-refractivity contribution in [2.45, 2.75) is 30.3 Å². The van der Waals surface area contributed by atoms with Crippen LogP contribution in [0.1, 0.15) is 19.3 Å². The molecule has 0 aromatic heterocycles. The average Bonchev–Trinajstić information content (AvgIpc) is 2.73. The number of hydrogen-bond donors (Lipinski definition) is 2. The zero-order chi connectivity index (χ0) is 13.2. The minimum absolute atomic E-state index is 0.0578. The lowest BCUT2D eigenvalue weighted by Crippen LogP contribution is -2.28. The van der Waals surface area contributed by atoms with Gasteiger partial charge in [0.05, 0.1) is 11.0 Å². The van der Waals surface area contributed by atoms with Crippen LogP contribution in [0.4, 0.5) is 4.39 Å². The van der Waals surface area contributed by atoms with Gasteiger partial charge in [-0.25, -0.2) is 17.5 Å². The van der Waals surface area contributed by atoms with E-state index in [2.05, 4.69) is 4.72 Å². The van der Waals surface area contributed by atoms with Gasteiger partial charge >= 0.3 is 0 Å². The van der Waals surface area contributed by atoms with E-state index < -0.39 is 15.8 Å². The summed E-state index contributed by atoms with van der Waals surface area (Å²) in [6, 6.07) is 4.71. The Morgan fingerprint density at radius 2 is 1.94 bits per heavy atom. The largest absolute Gasteiger partial charge is 0.393 e. The summed E-state index contributed by atoms with van der Waals surface area (Å²) in [5.74, 6) is -0.289. The molecule has 1 aliphatic carbocycles. The van der Waals surface area contributed by atoms with Gasteiger partial charge in [-0.2, -0.15) is 0 Å². The Kier molecular flexibility index (Phi) is 3.99. The maximum absolute atomic E-state index is 12.7. The Morgan fingerprint density at radius 3 is 2.50 bits per heavy atom. The molecule has 2 atom stereocenters. The van der Waals surface area contributed by atoms with Gasteiger partial charge < -0.3 is 5.11 Å². The Hall–Kier alpha value is -0.980. The first kappa shape index (κ1) is 13.5. The fourth-order valence-corrected chi connectivity index (χ4v) is 3.27. The second kappa shape index (κ2) is 5.34. The highest BCUT2D eigenvalue weighted by molar-refractivity contribution is 7.89. The number of rotatable bonds is 4. The summed E-state index contributed by atoms with van der Waals surface area (Å²) in [6.07, 6.45) is 1.87. The van der Waals surface area contributed by atoms with Crippen LogP contribution in [0.15, 0.2) is 29.2 Å². The van der Waals surface area contributed by atoms with Gasteiger partial charge in [-0.3, -0.25) is 0 Å². The van der Waals surface area contributed by atoms with E-state index in [0.29, 0.717) is 13.0 Å². The van der Waals surface area contributed by atoms with Gasteiger partial charge in [-0.15, -0.1) is 0 Å². The Bertz CT molecular complexity index is 501. The molecule has 1 saturated carbocycles. The first-order valence-electron chi connectivity index (χ1n) is 5.90. The summed E-state index contributed by atoms with van der Waals surface area (Å²) in [5, 5.41) is 9.36. The van der Waals surface area contributed by atoms with Crippen molar-refractivity contribution in [3.05, 3.63) is 30.1 Å². The number of halogens is 1. The normalized spacial score (nSPS) is 24.3. The lowest BCUT2D eigenvalue weighted by molar-refractivity contribution is 0.178. The molecule has 1 fully saturated rings. The molecular weight excluding hydrogens is 257 g/mol. The summed E-state index contributed by atoms with van der Waals surface area (Å²) >= 11 is 0.